The number of hydrogen-bond acceptors (Lipinski definition) is 6. The standard InChI is InChI=1S/C21H17N3O3S/c22-19-18-13-6-2-4-8-17(13)28-20(18)23-11-24(19)10-15(25)14-9-12-5-1-3-7-16(12)27-21(14)26/h1,3,5,7,9,11,22H,2,4,6,8,10H2. The van der Waals surface area contributed by atoms with E-state index < -0.39 is 5.63 Å². The van der Waals surface area contributed by atoms with Crippen molar-refractivity contribution in [2.24, 2.45) is 0 Å². The van der Waals surface area contributed by atoms with E-state index in [1.54, 1.807) is 35.6 Å². The fourth-order valence-corrected chi connectivity index (χ4v) is 5.06. The Kier molecular flexibility index (Phi) is 3.98. The summed E-state index contributed by atoms with van der Waals surface area (Å²) in [5.74, 6) is -0.386. The molecule has 0 amide bonds. The fraction of sp³-hybridized carbons (Fsp3) is 0.238. The number of hydrogen-bond donors (Lipinski definition) is 1. The molecule has 0 bridgehead atoms. The number of aryl methyl sites for hydroxylation is 2. The molecular formula is C21H17N3O3S. The van der Waals surface area contributed by atoms with E-state index in [1.807, 2.05) is 6.07 Å². The van der Waals surface area contributed by atoms with E-state index >= 15 is 0 Å². The first-order chi connectivity index (χ1) is 13.6. The number of fused-ring (bicyclic) bond motifs is 4. The number of carbonyl (C=O) groups excluding carboxylic acids is 1. The van der Waals surface area contributed by atoms with Crippen molar-refractivity contribution in [3.05, 3.63) is 68.6 Å². The van der Waals surface area contributed by atoms with E-state index in [0.29, 0.717) is 11.0 Å². The van der Waals surface area contributed by atoms with Gasteiger partial charge in [-0.3, -0.25) is 10.2 Å². The second kappa shape index (κ2) is 6.53. The third-order valence-electron chi connectivity index (χ3n) is 5.25. The monoisotopic (exact) mass is 391 g/mol. The minimum absolute atomic E-state index is 0.00181. The molecule has 0 aliphatic heterocycles. The molecule has 0 unspecified atom stereocenters. The Morgan fingerprint density at radius 1 is 1.25 bits per heavy atom. The van der Waals surface area contributed by atoms with E-state index in [2.05, 4.69) is 4.98 Å². The third-order valence-corrected chi connectivity index (χ3v) is 6.45. The first-order valence-corrected chi connectivity index (χ1v) is 10.0. The fourth-order valence-electron chi connectivity index (χ4n) is 3.83. The van der Waals surface area contributed by atoms with Gasteiger partial charge >= 0.3 is 5.63 Å². The van der Waals surface area contributed by atoms with Crippen LogP contribution in [0, 0.1) is 5.41 Å². The van der Waals surface area contributed by atoms with Gasteiger partial charge in [-0.1, -0.05) is 18.2 Å². The van der Waals surface area contributed by atoms with Gasteiger partial charge in [0.15, 0.2) is 5.78 Å². The Morgan fingerprint density at radius 3 is 2.96 bits per heavy atom. The number of nitrogens with one attached hydrogen (secondary N) is 1. The molecule has 3 heterocycles. The highest BCUT2D eigenvalue weighted by Gasteiger charge is 2.20. The van der Waals surface area contributed by atoms with Crippen LogP contribution in [-0.4, -0.2) is 15.3 Å². The van der Waals surface area contributed by atoms with Crippen LogP contribution in [0.3, 0.4) is 0 Å². The second-order valence-electron chi connectivity index (χ2n) is 7.02. The molecule has 6 nitrogen and oxygen atoms in total. The van der Waals surface area contributed by atoms with Crippen molar-refractivity contribution in [3.8, 4) is 0 Å². The topological polar surface area (TPSA) is 88.9 Å². The Balaban J connectivity index is 1.56. The van der Waals surface area contributed by atoms with E-state index in [1.165, 1.54) is 27.8 Å². The molecule has 1 aliphatic carbocycles. The van der Waals surface area contributed by atoms with Crippen molar-refractivity contribution in [3.63, 3.8) is 0 Å². The van der Waals surface area contributed by atoms with Gasteiger partial charge in [0.25, 0.3) is 0 Å². The predicted octanol–water partition coefficient (Wildman–Crippen LogP) is 3.45. The van der Waals surface area contributed by atoms with Crippen LogP contribution in [0.4, 0.5) is 0 Å². The molecular weight excluding hydrogens is 374 g/mol. The Bertz CT molecular complexity index is 1360. The van der Waals surface area contributed by atoms with E-state index in [0.717, 1.165) is 29.5 Å². The largest absolute Gasteiger partial charge is 0.422 e. The number of benzene rings is 1. The van der Waals surface area contributed by atoms with Crippen molar-refractivity contribution in [1.82, 2.24) is 9.55 Å². The summed E-state index contributed by atoms with van der Waals surface area (Å²) in [6.45, 7) is -0.116. The summed E-state index contributed by atoms with van der Waals surface area (Å²) in [6, 6.07) is 8.65. The number of thiophene rings is 1. The molecule has 0 saturated heterocycles. The highest BCUT2D eigenvalue weighted by molar-refractivity contribution is 7.18. The SMILES string of the molecule is N=c1c2c3c(sc2ncn1CC(=O)c1cc2ccccc2oc1=O)CCCC3. The van der Waals surface area contributed by atoms with Crippen LogP contribution in [0.5, 0.6) is 0 Å². The van der Waals surface area contributed by atoms with Crippen LogP contribution in [-0.2, 0) is 19.4 Å². The highest BCUT2D eigenvalue weighted by atomic mass is 32.1. The van der Waals surface area contributed by atoms with Crippen LogP contribution in [0.1, 0.15) is 33.6 Å². The molecule has 140 valence electrons. The summed E-state index contributed by atoms with van der Waals surface area (Å²) in [5, 5.41) is 10.2. The molecule has 7 heteroatoms. The number of rotatable bonds is 3. The molecule has 28 heavy (non-hydrogen) atoms. The average Bonchev–Trinajstić information content (AvgIpc) is 3.09. The summed E-state index contributed by atoms with van der Waals surface area (Å²) >= 11 is 1.65. The summed E-state index contributed by atoms with van der Waals surface area (Å²) in [6.07, 6.45) is 5.79. The summed E-state index contributed by atoms with van der Waals surface area (Å²) in [5.41, 5.74) is 1.28. The third kappa shape index (κ3) is 2.70. The number of carbonyl (C=O) groups is 1. The Labute approximate surface area is 163 Å². The van der Waals surface area contributed by atoms with Gasteiger partial charge in [-0.15, -0.1) is 11.3 Å². The van der Waals surface area contributed by atoms with Crippen molar-refractivity contribution in [1.29, 1.82) is 5.41 Å². The lowest BCUT2D eigenvalue weighted by molar-refractivity contribution is 0.0966. The van der Waals surface area contributed by atoms with Crippen LogP contribution < -0.4 is 11.1 Å². The summed E-state index contributed by atoms with van der Waals surface area (Å²) < 4.78 is 6.78. The number of ketones is 1. The summed E-state index contributed by atoms with van der Waals surface area (Å²) in [7, 11) is 0. The van der Waals surface area contributed by atoms with Gasteiger partial charge in [0.05, 0.1) is 18.3 Å². The quantitative estimate of drug-likeness (QED) is 0.428. The van der Waals surface area contributed by atoms with Gasteiger partial charge in [-0.05, 0) is 43.4 Å². The first kappa shape index (κ1) is 17.1. The highest BCUT2D eigenvalue weighted by Crippen LogP contribution is 2.33. The smallest absolute Gasteiger partial charge is 0.347 e. The lowest BCUT2D eigenvalue weighted by Gasteiger charge is -2.11. The van der Waals surface area contributed by atoms with Crippen LogP contribution in [0.2, 0.25) is 0 Å². The van der Waals surface area contributed by atoms with Gasteiger partial charge in [0.2, 0.25) is 0 Å². The maximum absolute atomic E-state index is 12.8. The number of nitrogens with zero attached hydrogens (tertiary/aromatic N) is 2. The van der Waals surface area contributed by atoms with Gasteiger partial charge in [-0.25, -0.2) is 9.78 Å². The van der Waals surface area contributed by atoms with Gasteiger partial charge < -0.3 is 8.98 Å². The maximum Gasteiger partial charge on any atom is 0.347 e. The molecule has 0 saturated carbocycles. The lowest BCUT2D eigenvalue weighted by Crippen LogP contribution is -2.27. The molecule has 3 aromatic heterocycles. The Hall–Kier alpha value is -3.06. The van der Waals surface area contributed by atoms with Crippen LogP contribution in [0.15, 0.2) is 45.9 Å². The zero-order valence-corrected chi connectivity index (χ0v) is 15.8. The number of para-hydroxylation sites is 1. The molecule has 4 aromatic rings. The predicted molar refractivity (Wildman–Crippen MR) is 107 cm³/mol. The van der Waals surface area contributed by atoms with E-state index in [4.69, 9.17) is 9.83 Å². The minimum Gasteiger partial charge on any atom is -0.422 e. The molecule has 1 aromatic carbocycles. The zero-order valence-electron chi connectivity index (χ0n) is 15.0. The molecule has 1 aliphatic rings. The number of aromatic nitrogens is 2. The van der Waals surface area contributed by atoms with E-state index in [-0.39, 0.29) is 23.4 Å². The molecule has 0 fully saturated rings. The first-order valence-electron chi connectivity index (χ1n) is 9.22. The molecule has 0 atom stereocenters. The Morgan fingerprint density at radius 2 is 2.07 bits per heavy atom. The van der Waals surface area contributed by atoms with Crippen LogP contribution >= 0.6 is 11.3 Å². The molecule has 0 spiro atoms. The average molecular weight is 391 g/mol. The maximum atomic E-state index is 12.8. The van der Waals surface area contributed by atoms with Crippen molar-refractivity contribution in [2.75, 3.05) is 0 Å². The van der Waals surface area contributed by atoms with Gasteiger partial charge in [0.1, 0.15) is 21.5 Å². The number of Topliss-reactive ketones (excluding diaryl/α,β-unsaturated/α-hetero) is 1. The summed E-state index contributed by atoms with van der Waals surface area (Å²) in [4.78, 5) is 31.7. The van der Waals surface area contributed by atoms with Crippen molar-refractivity contribution >= 4 is 38.3 Å². The molecule has 5 rings (SSSR count). The van der Waals surface area contributed by atoms with E-state index in [9.17, 15) is 9.59 Å². The molecule has 0 radical (unpaired) electrons. The van der Waals surface area contributed by atoms with Gasteiger partial charge in [0, 0.05) is 10.3 Å². The second-order valence-corrected chi connectivity index (χ2v) is 8.10. The molecule has 1 N–H and O–H groups in total. The lowest BCUT2D eigenvalue weighted by atomic mass is 9.97. The minimum atomic E-state index is -0.655. The van der Waals surface area contributed by atoms with Gasteiger partial charge in [-0.2, -0.15) is 0 Å². The van der Waals surface area contributed by atoms with Crippen LogP contribution in [0.25, 0.3) is 21.2 Å². The van der Waals surface area contributed by atoms with Crippen molar-refractivity contribution < 1.29 is 9.21 Å². The normalized spacial score (nSPS) is 13.7. The van der Waals surface area contributed by atoms with Crippen molar-refractivity contribution in [2.45, 2.75) is 32.2 Å². The zero-order chi connectivity index (χ0) is 19.3.